The molecule has 19 heavy (non-hydrogen) atoms. The molecule has 3 N–H and O–H groups in total. The van der Waals surface area contributed by atoms with E-state index >= 15 is 0 Å². The van der Waals surface area contributed by atoms with Gasteiger partial charge in [-0.25, -0.2) is 0 Å². The first-order valence-electron chi connectivity index (χ1n) is 7.68. The van der Waals surface area contributed by atoms with E-state index in [1.165, 1.54) is 19.3 Å². The van der Waals surface area contributed by atoms with E-state index in [-0.39, 0.29) is 5.91 Å². The number of amides is 1. The van der Waals surface area contributed by atoms with Crippen LogP contribution in [0.25, 0.3) is 0 Å². The predicted octanol–water partition coefficient (Wildman–Crippen LogP) is 1.88. The molecule has 112 valence electrons. The van der Waals surface area contributed by atoms with Gasteiger partial charge in [-0.1, -0.05) is 13.8 Å². The molecule has 4 atom stereocenters. The number of hydrogen-bond acceptors (Lipinski definition) is 3. The topological polar surface area (TPSA) is 58.4 Å². The van der Waals surface area contributed by atoms with Crippen LogP contribution in [0.2, 0.25) is 0 Å². The lowest BCUT2D eigenvalue weighted by Crippen LogP contribution is -2.57. The average molecular weight is 269 g/mol. The van der Waals surface area contributed by atoms with Crippen LogP contribution in [0.3, 0.4) is 0 Å². The molecule has 0 aromatic carbocycles. The van der Waals surface area contributed by atoms with Gasteiger partial charge in [0.25, 0.3) is 0 Å². The van der Waals surface area contributed by atoms with Gasteiger partial charge in [0.05, 0.1) is 5.54 Å². The van der Waals surface area contributed by atoms with E-state index < -0.39 is 5.54 Å². The summed E-state index contributed by atoms with van der Waals surface area (Å²) >= 11 is 0. The molecule has 1 fully saturated rings. The molecule has 0 radical (unpaired) electrons. The van der Waals surface area contributed by atoms with Crippen LogP contribution in [0.15, 0.2) is 0 Å². The van der Waals surface area contributed by atoms with Gasteiger partial charge >= 0.3 is 0 Å². The first kappa shape index (κ1) is 16.4. The molecule has 4 heteroatoms. The Hall–Kier alpha value is -0.610. The number of likely N-dealkylation sites (tertiary alicyclic amines) is 1. The van der Waals surface area contributed by atoms with Crippen molar-refractivity contribution in [3.05, 3.63) is 0 Å². The van der Waals surface area contributed by atoms with Crippen LogP contribution in [0.5, 0.6) is 0 Å². The van der Waals surface area contributed by atoms with E-state index in [0.717, 1.165) is 13.0 Å². The summed E-state index contributed by atoms with van der Waals surface area (Å²) in [5.41, 5.74) is 4.98. The fourth-order valence-electron chi connectivity index (χ4n) is 3.65. The molecule has 4 unspecified atom stereocenters. The highest BCUT2D eigenvalue weighted by Gasteiger charge is 2.38. The van der Waals surface area contributed by atoms with Crippen molar-refractivity contribution in [3.63, 3.8) is 0 Å². The Labute approximate surface area is 118 Å². The minimum absolute atomic E-state index is 0.249. The monoisotopic (exact) mass is 269 g/mol. The number of nitrogens with zero attached hydrogens (tertiary/aromatic N) is 1. The van der Waals surface area contributed by atoms with Crippen molar-refractivity contribution < 1.29 is 4.79 Å². The molecule has 1 aliphatic rings. The van der Waals surface area contributed by atoms with Crippen LogP contribution in [-0.4, -0.2) is 41.0 Å². The molecule has 1 amide bonds. The molecule has 4 nitrogen and oxygen atoms in total. The molecular weight excluding hydrogens is 238 g/mol. The Balaban J connectivity index is 2.76. The first-order valence-corrected chi connectivity index (χ1v) is 7.68. The molecular formula is C15H31N3O. The Morgan fingerprint density at radius 2 is 2.11 bits per heavy atom. The van der Waals surface area contributed by atoms with Gasteiger partial charge in [-0.05, 0) is 53.0 Å². The zero-order valence-corrected chi connectivity index (χ0v) is 13.2. The third-order valence-corrected chi connectivity index (χ3v) is 4.64. The van der Waals surface area contributed by atoms with Gasteiger partial charge in [0.2, 0.25) is 5.91 Å². The third kappa shape index (κ3) is 3.69. The maximum Gasteiger partial charge on any atom is 0.237 e. The molecule has 1 aliphatic heterocycles. The van der Waals surface area contributed by atoms with Gasteiger partial charge in [-0.15, -0.1) is 0 Å². The highest BCUT2D eigenvalue weighted by atomic mass is 16.1. The Kier molecular flexibility index (Phi) is 5.81. The van der Waals surface area contributed by atoms with Crippen LogP contribution in [-0.2, 0) is 4.79 Å². The van der Waals surface area contributed by atoms with Gasteiger partial charge in [-0.3, -0.25) is 9.69 Å². The van der Waals surface area contributed by atoms with E-state index in [4.69, 9.17) is 5.73 Å². The number of nitrogens with one attached hydrogen (secondary N) is 1. The summed E-state index contributed by atoms with van der Waals surface area (Å²) in [4.78, 5) is 14.3. The minimum Gasteiger partial charge on any atom is -0.368 e. The lowest BCUT2D eigenvalue weighted by molar-refractivity contribution is -0.124. The SMILES string of the molecule is CCNC(C)(CC(C)N1C(C)CCC1CC)C(N)=O. The van der Waals surface area contributed by atoms with Gasteiger partial charge < -0.3 is 11.1 Å². The summed E-state index contributed by atoms with van der Waals surface area (Å²) in [7, 11) is 0. The van der Waals surface area contributed by atoms with Crippen LogP contribution >= 0.6 is 0 Å². The van der Waals surface area contributed by atoms with Crippen LogP contribution in [0.1, 0.15) is 60.3 Å². The summed E-state index contributed by atoms with van der Waals surface area (Å²) < 4.78 is 0. The Bertz CT molecular complexity index is 308. The number of likely N-dealkylation sites (N-methyl/N-ethyl adjacent to an activating group) is 1. The van der Waals surface area contributed by atoms with E-state index in [1.54, 1.807) is 0 Å². The molecule has 0 bridgehead atoms. The van der Waals surface area contributed by atoms with Crippen molar-refractivity contribution >= 4 is 5.91 Å². The largest absolute Gasteiger partial charge is 0.368 e. The standard InChI is InChI=1S/C15H31N3O/c1-6-13-9-8-11(3)18(13)12(4)10-15(5,14(16)19)17-7-2/h11-13,17H,6-10H2,1-5H3,(H2,16,19). The highest BCUT2D eigenvalue weighted by Crippen LogP contribution is 2.31. The second-order valence-corrected chi connectivity index (χ2v) is 6.22. The number of nitrogens with two attached hydrogens (primary N) is 1. The van der Waals surface area contributed by atoms with E-state index in [9.17, 15) is 4.79 Å². The van der Waals surface area contributed by atoms with Gasteiger partial charge in [0.1, 0.15) is 0 Å². The smallest absolute Gasteiger partial charge is 0.237 e. The quantitative estimate of drug-likeness (QED) is 0.742. The van der Waals surface area contributed by atoms with E-state index in [1.807, 2.05) is 13.8 Å². The second-order valence-electron chi connectivity index (χ2n) is 6.22. The lowest BCUT2D eigenvalue weighted by Gasteiger charge is -2.38. The van der Waals surface area contributed by atoms with Crippen molar-refractivity contribution in [2.24, 2.45) is 5.73 Å². The normalized spacial score (nSPS) is 29.1. The molecule has 0 aliphatic carbocycles. The number of carbonyl (C=O) groups is 1. The average Bonchev–Trinajstić information content (AvgIpc) is 2.70. The van der Waals surface area contributed by atoms with Crippen molar-refractivity contribution in [3.8, 4) is 0 Å². The summed E-state index contributed by atoms with van der Waals surface area (Å²) in [6.45, 7) is 11.5. The molecule has 0 saturated carbocycles. The number of carbonyl (C=O) groups excluding carboxylic acids is 1. The zero-order valence-electron chi connectivity index (χ0n) is 13.2. The third-order valence-electron chi connectivity index (χ3n) is 4.64. The fourth-order valence-corrected chi connectivity index (χ4v) is 3.65. The summed E-state index contributed by atoms with van der Waals surface area (Å²) in [6, 6.07) is 1.64. The predicted molar refractivity (Wildman–Crippen MR) is 80.0 cm³/mol. The molecule has 0 aromatic heterocycles. The fraction of sp³-hybridized carbons (Fsp3) is 0.933. The zero-order chi connectivity index (χ0) is 14.6. The first-order chi connectivity index (χ1) is 8.85. The molecule has 1 heterocycles. The van der Waals surface area contributed by atoms with E-state index in [0.29, 0.717) is 18.1 Å². The number of primary amides is 1. The Morgan fingerprint density at radius 1 is 1.47 bits per heavy atom. The second kappa shape index (κ2) is 6.71. The van der Waals surface area contributed by atoms with Crippen molar-refractivity contribution in [1.82, 2.24) is 10.2 Å². The molecule has 1 saturated heterocycles. The number of rotatable bonds is 7. The van der Waals surface area contributed by atoms with Crippen LogP contribution in [0.4, 0.5) is 0 Å². The summed E-state index contributed by atoms with van der Waals surface area (Å²) in [6.07, 6.45) is 4.49. The van der Waals surface area contributed by atoms with Gasteiger partial charge in [-0.2, -0.15) is 0 Å². The Morgan fingerprint density at radius 3 is 2.58 bits per heavy atom. The maximum absolute atomic E-state index is 11.7. The minimum atomic E-state index is -0.602. The molecule has 0 aromatic rings. The van der Waals surface area contributed by atoms with Crippen molar-refractivity contribution in [2.45, 2.75) is 84.0 Å². The molecule has 0 spiro atoms. The highest BCUT2D eigenvalue weighted by molar-refractivity contribution is 5.84. The van der Waals surface area contributed by atoms with Crippen molar-refractivity contribution in [1.29, 1.82) is 0 Å². The molecule has 1 rings (SSSR count). The van der Waals surface area contributed by atoms with Gasteiger partial charge in [0.15, 0.2) is 0 Å². The summed E-state index contributed by atoms with van der Waals surface area (Å²) in [5.74, 6) is -0.249. The van der Waals surface area contributed by atoms with Crippen molar-refractivity contribution in [2.75, 3.05) is 6.54 Å². The van der Waals surface area contributed by atoms with Gasteiger partial charge in [0, 0.05) is 18.1 Å². The lowest BCUT2D eigenvalue weighted by atomic mass is 9.91. The van der Waals surface area contributed by atoms with Crippen LogP contribution in [0, 0.1) is 0 Å². The summed E-state index contributed by atoms with van der Waals surface area (Å²) in [5, 5.41) is 3.26. The van der Waals surface area contributed by atoms with E-state index in [2.05, 4.69) is 31.0 Å². The maximum atomic E-state index is 11.7. The van der Waals surface area contributed by atoms with Crippen LogP contribution < -0.4 is 11.1 Å². The number of hydrogen-bond donors (Lipinski definition) is 2.